The highest BCUT2D eigenvalue weighted by Crippen LogP contribution is 2.43. The summed E-state index contributed by atoms with van der Waals surface area (Å²) in [6.07, 6.45) is 0. The van der Waals surface area contributed by atoms with E-state index in [0.29, 0.717) is 0 Å². The Morgan fingerprint density at radius 1 is 0.400 bits per heavy atom. The van der Waals surface area contributed by atoms with E-state index in [9.17, 15) is 0 Å². The first kappa shape index (κ1) is 28.6. The molecule has 10 rings (SSSR count). The summed E-state index contributed by atoms with van der Waals surface area (Å²) < 4.78 is 4.71. The van der Waals surface area contributed by atoms with Crippen LogP contribution < -0.4 is 0 Å². The van der Waals surface area contributed by atoms with Crippen molar-refractivity contribution in [1.29, 1.82) is 0 Å². The van der Waals surface area contributed by atoms with E-state index in [0.717, 1.165) is 38.2 Å². The van der Waals surface area contributed by atoms with E-state index in [1.165, 1.54) is 54.4 Å². The molecular formula is C46H29N3S. The van der Waals surface area contributed by atoms with Crippen molar-refractivity contribution >= 4 is 53.4 Å². The minimum absolute atomic E-state index is 0.745. The van der Waals surface area contributed by atoms with E-state index in [1.54, 1.807) is 11.3 Å². The van der Waals surface area contributed by atoms with E-state index in [1.807, 2.05) is 24.3 Å². The first-order valence-electron chi connectivity index (χ1n) is 16.8. The van der Waals surface area contributed by atoms with Gasteiger partial charge in [0.15, 0.2) is 5.82 Å². The van der Waals surface area contributed by atoms with Gasteiger partial charge in [-0.2, -0.15) is 0 Å². The van der Waals surface area contributed by atoms with Gasteiger partial charge in [-0.05, 0) is 46.5 Å². The number of thiophene rings is 1. The Morgan fingerprint density at radius 3 is 1.80 bits per heavy atom. The Morgan fingerprint density at radius 2 is 1.02 bits per heavy atom. The molecule has 0 aliphatic rings. The van der Waals surface area contributed by atoms with Crippen LogP contribution in [0.3, 0.4) is 0 Å². The van der Waals surface area contributed by atoms with Crippen molar-refractivity contribution in [3.05, 3.63) is 176 Å². The highest BCUT2D eigenvalue weighted by Gasteiger charge is 2.19. The average molecular weight is 656 g/mol. The lowest BCUT2D eigenvalue weighted by Crippen LogP contribution is -1.93. The number of para-hydroxylation sites is 2. The summed E-state index contributed by atoms with van der Waals surface area (Å²) in [5.74, 6) is 0.745. The number of nitrogens with zero attached hydrogens (tertiary/aromatic N) is 3. The smallest absolute Gasteiger partial charge is 0.160 e. The van der Waals surface area contributed by atoms with Gasteiger partial charge in [0.25, 0.3) is 0 Å². The largest absolute Gasteiger partial charge is 0.309 e. The Balaban J connectivity index is 1.10. The van der Waals surface area contributed by atoms with E-state index in [4.69, 9.17) is 9.97 Å². The topological polar surface area (TPSA) is 30.7 Å². The van der Waals surface area contributed by atoms with Crippen LogP contribution in [-0.4, -0.2) is 14.5 Å². The molecular weight excluding hydrogens is 627 g/mol. The lowest BCUT2D eigenvalue weighted by atomic mass is 9.98. The summed E-state index contributed by atoms with van der Waals surface area (Å²) in [6, 6.07) is 62.5. The maximum atomic E-state index is 5.18. The molecule has 10 aromatic rings. The van der Waals surface area contributed by atoms with Crippen LogP contribution in [0, 0.1) is 0 Å². The minimum atomic E-state index is 0.745. The van der Waals surface area contributed by atoms with Crippen molar-refractivity contribution in [3.8, 4) is 50.6 Å². The molecule has 3 heterocycles. The van der Waals surface area contributed by atoms with Gasteiger partial charge < -0.3 is 4.57 Å². The van der Waals surface area contributed by atoms with Crippen molar-refractivity contribution in [2.75, 3.05) is 0 Å². The van der Waals surface area contributed by atoms with Gasteiger partial charge in [-0.25, -0.2) is 9.97 Å². The molecule has 50 heavy (non-hydrogen) atoms. The lowest BCUT2D eigenvalue weighted by Gasteiger charge is -2.09. The molecule has 0 aliphatic carbocycles. The van der Waals surface area contributed by atoms with Crippen LogP contribution >= 0.6 is 11.3 Å². The van der Waals surface area contributed by atoms with Gasteiger partial charge >= 0.3 is 0 Å². The summed E-state index contributed by atoms with van der Waals surface area (Å²) in [4.78, 5) is 10.3. The number of rotatable bonds is 5. The predicted molar refractivity (Wildman–Crippen MR) is 211 cm³/mol. The number of benzene rings is 7. The van der Waals surface area contributed by atoms with Gasteiger partial charge in [0, 0.05) is 37.7 Å². The quantitative estimate of drug-likeness (QED) is 0.185. The van der Waals surface area contributed by atoms with Gasteiger partial charge in [-0.15, -0.1) is 11.3 Å². The minimum Gasteiger partial charge on any atom is -0.309 e. The monoisotopic (exact) mass is 655 g/mol. The van der Waals surface area contributed by atoms with Crippen LogP contribution in [0.2, 0.25) is 0 Å². The zero-order valence-corrected chi connectivity index (χ0v) is 27.8. The van der Waals surface area contributed by atoms with Gasteiger partial charge in [-0.3, -0.25) is 0 Å². The Bertz CT molecular complexity index is 2840. The molecule has 0 spiro atoms. The number of aromatic nitrogens is 3. The molecule has 0 radical (unpaired) electrons. The summed E-state index contributed by atoms with van der Waals surface area (Å²) in [6.45, 7) is 0. The summed E-state index contributed by atoms with van der Waals surface area (Å²) >= 11 is 1.78. The molecule has 0 aliphatic heterocycles. The SMILES string of the molecule is c1ccc(-c2nc(-c3ccccc3)c3sc4c(-c5ccc(-c6ccc7c8ccccc8n(-c8ccccc8)c7c6)cc5)cccc4c3n2)cc1. The summed E-state index contributed by atoms with van der Waals surface area (Å²) in [5.41, 5.74) is 12.4. The number of hydrogen-bond donors (Lipinski definition) is 0. The van der Waals surface area contributed by atoms with E-state index < -0.39 is 0 Å². The van der Waals surface area contributed by atoms with E-state index in [-0.39, 0.29) is 0 Å². The summed E-state index contributed by atoms with van der Waals surface area (Å²) in [7, 11) is 0. The van der Waals surface area contributed by atoms with Gasteiger partial charge in [-0.1, -0.05) is 152 Å². The van der Waals surface area contributed by atoms with Crippen molar-refractivity contribution in [2.45, 2.75) is 0 Å². The maximum Gasteiger partial charge on any atom is 0.160 e. The third kappa shape index (κ3) is 4.65. The molecule has 3 nitrogen and oxygen atoms in total. The first-order chi connectivity index (χ1) is 24.8. The van der Waals surface area contributed by atoms with Gasteiger partial charge in [0.1, 0.15) is 0 Å². The zero-order chi connectivity index (χ0) is 33.0. The third-order valence-electron chi connectivity index (χ3n) is 9.64. The fraction of sp³-hybridized carbons (Fsp3) is 0. The van der Waals surface area contributed by atoms with Gasteiger partial charge in [0.05, 0.1) is 26.9 Å². The second-order valence-corrected chi connectivity index (χ2v) is 13.6. The van der Waals surface area contributed by atoms with Crippen LogP contribution in [0.1, 0.15) is 0 Å². The molecule has 0 saturated carbocycles. The molecule has 3 aromatic heterocycles. The second-order valence-electron chi connectivity index (χ2n) is 12.6. The molecule has 7 aromatic carbocycles. The predicted octanol–water partition coefficient (Wildman–Crippen LogP) is 12.6. The van der Waals surface area contributed by atoms with Crippen LogP contribution in [0.15, 0.2) is 176 Å². The number of fused-ring (bicyclic) bond motifs is 6. The van der Waals surface area contributed by atoms with E-state index >= 15 is 0 Å². The Kier molecular flexibility index (Phi) is 6.68. The Labute approximate surface area is 293 Å². The second kappa shape index (κ2) is 11.7. The van der Waals surface area contributed by atoms with E-state index in [2.05, 4.69) is 156 Å². The van der Waals surface area contributed by atoms with Crippen molar-refractivity contribution in [2.24, 2.45) is 0 Å². The standard InChI is InChI=1S/C46H29N3S/c1-4-13-32(14-5-1)42-45-43(48-46(47-42)33-15-6-2-7-16-33)39-21-12-20-36(44(39)50-45)31-25-23-30(24-26-31)34-27-28-38-37-19-10-11-22-40(37)49(41(38)29-34)35-17-8-3-9-18-35/h1-29H. The highest BCUT2D eigenvalue weighted by molar-refractivity contribution is 7.26. The van der Waals surface area contributed by atoms with Gasteiger partial charge in [0.2, 0.25) is 0 Å². The van der Waals surface area contributed by atoms with Crippen LogP contribution in [0.5, 0.6) is 0 Å². The normalized spacial score (nSPS) is 11.6. The molecule has 0 atom stereocenters. The van der Waals surface area contributed by atoms with Crippen LogP contribution in [0.4, 0.5) is 0 Å². The lowest BCUT2D eigenvalue weighted by molar-refractivity contribution is 1.18. The molecule has 0 bridgehead atoms. The molecule has 0 amide bonds. The molecule has 0 fully saturated rings. The highest BCUT2D eigenvalue weighted by atomic mass is 32.1. The zero-order valence-electron chi connectivity index (χ0n) is 27.0. The van der Waals surface area contributed by atoms with Crippen molar-refractivity contribution in [3.63, 3.8) is 0 Å². The average Bonchev–Trinajstić information content (AvgIpc) is 3.74. The maximum absolute atomic E-state index is 5.18. The molecule has 4 heteroatoms. The fourth-order valence-electron chi connectivity index (χ4n) is 7.25. The van der Waals surface area contributed by atoms with Crippen molar-refractivity contribution in [1.82, 2.24) is 14.5 Å². The van der Waals surface area contributed by atoms with Crippen LogP contribution in [-0.2, 0) is 0 Å². The van der Waals surface area contributed by atoms with Crippen LogP contribution in [0.25, 0.3) is 92.7 Å². The third-order valence-corrected chi connectivity index (χ3v) is 10.9. The summed E-state index contributed by atoms with van der Waals surface area (Å²) in [5, 5.41) is 3.68. The Hall–Kier alpha value is -6.36. The molecule has 0 N–H and O–H groups in total. The molecule has 234 valence electrons. The number of hydrogen-bond acceptors (Lipinski definition) is 3. The molecule has 0 unspecified atom stereocenters. The fourth-order valence-corrected chi connectivity index (χ4v) is 8.54. The first-order valence-corrected chi connectivity index (χ1v) is 17.7. The molecule has 0 saturated heterocycles. The van der Waals surface area contributed by atoms with Crippen molar-refractivity contribution < 1.29 is 0 Å².